The Hall–Kier alpha value is -2.38. The van der Waals surface area contributed by atoms with E-state index in [0.29, 0.717) is 32.3 Å². The highest BCUT2D eigenvalue weighted by molar-refractivity contribution is 5.76. The lowest BCUT2D eigenvalue weighted by molar-refractivity contribution is -0.302. The Morgan fingerprint density at radius 1 is 0.633 bits per heavy atom. The molecule has 348 valence electrons. The maximum absolute atomic E-state index is 12.9. The lowest BCUT2D eigenvalue weighted by Gasteiger charge is -2.40. The maximum Gasteiger partial charge on any atom is 0.305 e. The van der Waals surface area contributed by atoms with Crippen molar-refractivity contribution >= 4 is 11.9 Å². The number of nitrogens with one attached hydrogen (secondary N) is 1. The number of ether oxygens (including phenoxy) is 3. The molecule has 0 spiro atoms. The van der Waals surface area contributed by atoms with Crippen LogP contribution in [-0.4, -0.2) is 100 Å². The SMILES string of the molecule is C/C=C/CC/C=C/CC/C=C/C(O)C(COC1OC(CO)C(O)C(O)C1O)NC(=O)CCCCCCC/C=C\CCCCOC(=O)CCCCCCCCCCCCCC. The number of allylic oxidation sites excluding steroid dienone is 7. The molecule has 1 saturated heterocycles. The number of amides is 1. The third-order valence-corrected chi connectivity index (χ3v) is 11.0. The third-order valence-electron chi connectivity index (χ3n) is 11.0. The summed E-state index contributed by atoms with van der Waals surface area (Å²) < 4.78 is 16.5. The van der Waals surface area contributed by atoms with E-state index in [1.807, 2.05) is 19.1 Å². The second-order valence-corrected chi connectivity index (χ2v) is 16.5. The van der Waals surface area contributed by atoms with Crippen LogP contribution in [0.1, 0.15) is 187 Å². The van der Waals surface area contributed by atoms with Gasteiger partial charge in [0.05, 0.1) is 32.0 Å². The Morgan fingerprint density at radius 2 is 1.15 bits per heavy atom. The van der Waals surface area contributed by atoms with Crippen LogP contribution in [-0.2, 0) is 23.8 Å². The summed E-state index contributed by atoms with van der Waals surface area (Å²) in [5.41, 5.74) is 0. The van der Waals surface area contributed by atoms with Crippen LogP contribution in [0.2, 0.25) is 0 Å². The predicted octanol–water partition coefficient (Wildman–Crippen LogP) is 8.99. The fraction of sp³-hybridized carbons (Fsp3) is 0.796. The average Bonchev–Trinajstić information content (AvgIpc) is 3.24. The normalized spacial score (nSPS) is 20.8. The second-order valence-electron chi connectivity index (χ2n) is 16.5. The minimum Gasteiger partial charge on any atom is -0.466 e. The first-order valence-corrected chi connectivity index (χ1v) is 23.9. The number of carbonyl (C=O) groups is 2. The van der Waals surface area contributed by atoms with Crippen LogP contribution in [0, 0.1) is 0 Å². The molecule has 7 unspecified atom stereocenters. The Bertz CT molecular complexity index is 1140. The van der Waals surface area contributed by atoms with Crippen molar-refractivity contribution in [2.75, 3.05) is 19.8 Å². The van der Waals surface area contributed by atoms with Gasteiger partial charge in [0.1, 0.15) is 24.4 Å². The molecule has 0 radical (unpaired) electrons. The lowest BCUT2D eigenvalue weighted by atomic mass is 9.99. The van der Waals surface area contributed by atoms with Crippen LogP contribution >= 0.6 is 0 Å². The van der Waals surface area contributed by atoms with Crippen molar-refractivity contribution in [2.24, 2.45) is 0 Å². The molecule has 11 nitrogen and oxygen atoms in total. The van der Waals surface area contributed by atoms with Crippen molar-refractivity contribution in [1.82, 2.24) is 5.32 Å². The van der Waals surface area contributed by atoms with Gasteiger partial charge in [-0.25, -0.2) is 0 Å². The zero-order chi connectivity index (χ0) is 43.9. The van der Waals surface area contributed by atoms with Crippen LogP contribution in [0.15, 0.2) is 48.6 Å². The zero-order valence-corrected chi connectivity index (χ0v) is 37.7. The largest absolute Gasteiger partial charge is 0.466 e. The number of esters is 1. The summed E-state index contributed by atoms with van der Waals surface area (Å²) in [6.07, 6.45) is 36.5. The molecule has 0 aliphatic carbocycles. The summed E-state index contributed by atoms with van der Waals surface area (Å²) in [4.78, 5) is 24.9. The summed E-state index contributed by atoms with van der Waals surface area (Å²) in [6, 6.07) is -0.854. The maximum atomic E-state index is 12.9. The van der Waals surface area contributed by atoms with Gasteiger partial charge in [-0.15, -0.1) is 0 Å². The van der Waals surface area contributed by atoms with E-state index in [0.717, 1.165) is 83.5 Å². The first kappa shape index (κ1) is 55.6. The first-order valence-electron chi connectivity index (χ1n) is 23.9. The first-order chi connectivity index (χ1) is 29.2. The molecule has 6 N–H and O–H groups in total. The monoisotopic (exact) mass is 850 g/mol. The molecule has 1 heterocycles. The molecule has 11 heteroatoms. The Labute approximate surface area is 364 Å². The van der Waals surface area contributed by atoms with Gasteiger partial charge in [0, 0.05) is 12.8 Å². The van der Waals surface area contributed by atoms with E-state index in [1.165, 1.54) is 64.2 Å². The Balaban J connectivity index is 2.22. The highest BCUT2D eigenvalue weighted by Crippen LogP contribution is 2.22. The summed E-state index contributed by atoms with van der Waals surface area (Å²) in [5.74, 6) is -0.291. The van der Waals surface area contributed by atoms with E-state index in [4.69, 9.17) is 14.2 Å². The van der Waals surface area contributed by atoms with E-state index in [1.54, 1.807) is 6.08 Å². The fourth-order valence-electron chi connectivity index (χ4n) is 7.11. The van der Waals surface area contributed by atoms with Crippen LogP contribution < -0.4 is 5.32 Å². The van der Waals surface area contributed by atoms with Crippen LogP contribution in [0.5, 0.6) is 0 Å². The molecule has 1 aliphatic heterocycles. The zero-order valence-electron chi connectivity index (χ0n) is 37.7. The van der Waals surface area contributed by atoms with Crippen molar-refractivity contribution in [3.8, 4) is 0 Å². The van der Waals surface area contributed by atoms with E-state index >= 15 is 0 Å². The number of unbranched alkanes of at least 4 members (excludes halogenated alkanes) is 20. The Morgan fingerprint density at radius 3 is 1.75 bits per heavy atom. The summed E-state index contributed by atoms with van der Waals surface area (Å²) in [5, 5.41) is 53.9. The molecular formula is C49H87NO10. The highest BCUT2D eigenvalue weighted by Gasteiger charge is 2.44. The lowest BCUT2D eigenvalue weighted by Crippen LogP contribution is -2.60. The van der Waals surface area contributed by atoms with Crippen LogP contribution in [0.25, 0.3) is 0 Å². The fourth-order valence-corrected chi connectivity index (χ4v) is 7.11. The van der Waals surface area contributed by atoms with E-state index in [9.17, 15) is 35.1 Å². The van der Waals surface area contributed by atoms with Gasteiger partial charge in [-0.3, -0.25) is 9.59 Å². The van der Waals surface area contributed by atoms with Gasteiger partial charge < -0.3 is 45.1 Å². The number of rotatable bonds is 39. The van der Waals surface area contributed by atoms with E-state index in [-0.39, 0.29) is 18.5 Å². The molecule has 0 saturated carbocycles. The van der Waals surface area contributed by atoms with Gasteiger partial charge in [-0.1, -0.05) is 145 Å². The van der Waals surface area contributed by atoms with Gasteiger partial charge in [0.2, 0.25) is 5.91 Å². The van der Waals surface area contributed by atoms with Crippen LogP contribution in [0.3, 0.4) is 0 Å². The van der Waals surface area contributed by atoms with Crippen molar-refractivity contribution in [3.63, 3.8) is 0 Å². The van der Waals surface area contributed by atoms with Crippen LogP contribution in [0.4, 0.5) is 0 Å². The summed E-state index contributed by atoms with van der Waals surface area (Å²) in [6.45, 7) is 3.95. The van der Waals surface area contributed by atoms with Crippen molar-refractivity contribution in [3.05, 3.63) is 48.6 Å². The topological polar surface area (TPSA) is 175 Å². The van der Waals surface area contributed by atoms with Gasteiger partial charge >= 0.3 is 5.97 Å². The van der Waals surface area contributed by atoms with Gasteiger partial charge in [0.25, 0.3) is 0 Å². The third kappa shape index (κ3) is 29.8. The molecule has 1 fully saturated rings. The van der Waals surface area contributed by atoms with Crippen molar-refractivity contribution < 1.29 is 49.3 Å². The molecule has 1 rings (SSSR count). The molecule has 0 aromatic carbocycles. The smallest absolute Gasteiger partial charge is 0.305 e. The van der Waals surface area contributed by atoms with Crippen molar-refractivity contribution in [2.45, 2.75) is 230 Å². The van der Waals surface area contributed by atoms with Gasteiger partial charge in [-0.2, -0.15) is 0 Å². The number of aliphatic hydroxyl groups excluding tert-OH is 5. The molecule has 1 aliphatic rings. The molecule has 7 atom stereocenters. The van der Waals surface area contributed by atoms with Gasteiger partial charge in [0.15, 0.2) is 6.29 Å². The number of carbonyl (C=O) groups excluding carboxylic acids is 2. The molecule has 1 amide bonds. The standard InChI is InChI=1S/C49H87NO10/c1-3-5-7-9-11-13-14-17-21-25-29-33-37-45(54)58-38-34-30-26-22-18-15-16-20-24-28-32-36-44(53)50-41(42(52)35-31-27-23-19-12-10-8-6-4-2)40-59-49-48(57)47(56)46(55)43(39-51)60-49/h4,6,12,18-19,22,31,35,41-43,46-49,51-52,55-57H,3,5,7-11,13-17,20-21,23-30,32-34,36-40H2,1-2H3,(H,50,53)/b6-4+,19-12+,22-18-,35-31+. The molecule has 0 aromatic heterocycles. The highest BCUT2D eigenvalue weighted by atomic mass is 16.7. The van der Waals surface area contributed by atoms with Crippen molar-refractivity contribution in [1.29, 1.82) is 0 Å². The van der Waals surface area contributed by atoms with E-state index < -0.39 is 49.5 Å². The number of aliphatic hydroxyl groups is 5. The van der Waals surface area contributed by atoms with Gasteiger partial charge in [-0.05, 0) is 77.6 Å². The quantitative estimate of drug-likeness (QED) is 0.0199. The second kappa shape index (κ2) is 39.5. The molecule has 0 bridgehead atoms. The minimum absolute atomic E-state index is 0.0603. The number of hydrogen-bond acceptors (Lipinski definition) is 10. The average molecular weight is 850 g/mol. The number of hydrogen-bond donors (Lipinski definition) is 6. The summed E-state index contributed by atoms with van der Waals surface area (Å²) >= 11 is 0. The predicted molar refractivity (Wildman–Crippen MR) is 241 cm³/mol. The Kier molecular flexibility index (Phi) is 36.6. The minimum atomic E-state index is -1.59. The molecule has 60 heavy (non-hydrogen) atoms. The molecule has 0 aromatic rings. The van der Waals surface area contributed by atoms with E-state index in [2.05, 4.69) is 42.6 Å². The summed E-state index contributed by atoms with van der Waals surface area (Å²) in [7, 11) is 0. The molecular weight excluding hydrogens is 763 g/mol.